The standard InChI is InChI=1S/C25H28N8O2/c1-25(2,3)35-24(34)31-21-10-5-4-9-20(21)30-22-12-11-17(16-26)23(32-22)29-18-7-6-8-19(15-18)33-27-13-14-28-33/h6-8,11-15,21H,4-5,9-10H2,1-3H3,(H,29,32)(H,31,34)/t21-/m0/s1. The molecular formula is C25H28N8O2. The van der Waals surface area contributed by atoms with Crippen LogP contribution in [0.2, 0.25) is 0 Å². The van der Waals surface area contributed by atoms with Crippen molar-refractivity contribution in [1.82, 2.24) is 25.3 Å². The van der Waals surface area contributed by atoms with Crippen molar-refractivity contribution < 1.29 is 9.53 Å². The first-order valence-corrected chi connectivity index (χ1v) is 11.5. The Bertz CT molecular complexity index is 1260. The van der Waals surface area contributed by atoms with Crippen LogP contribution in [0.1, 0.15) is 52.0 Å². The minimum atomic E-state index is -0.573. The second-order valence-corrected chi connectivity index (χ2v) is 9.22. The quantitative estimate of drug-likeness (QED) is 0.544. The highest BCUT2D eigenvalue weighted by atomic mass is 16.6. The van der Waals surface area contributed by atoms with Crippen LogP contribution >= 0.6 is 0 Å². The number of nitrogens with one attached hydrogen (secondary N) is 2. The van der Waals surface area contributed by atoms with E-state index in [4.69, 9.17) is 9.73 Å². The van der Waals surface area contributed by atoms with E-state index in [1.165, 1.54) is 4.80 Å². The maximum absolute atomic E-state index is 12.3. The van der Waals surface area contributed by atoms with E-state index in [0.717, 1.165) is 42.8 Å². The molecule has 0 unspecified atom stereocenters. The van der Waals surface area contributed by atoms with Crippen LogP contribution in [0.15, 0.2) is 53.8 Å². The van der Waals surface area contributed by atoms with Crippen LogP contribution in [-0.4, -0.2) is 43.4 Å². The van der Waals surface area contributed by atoms with Crippen molar-refractivity contribution in [3.63, 3.8) is 0 Å². The zero-order valence-corrected chi connectivity index (χ0v) is 20.0. The molecule has 2 N–H and O–H groups in total. The van der Waals surface area contributed by atoms with Crippen molar-refractivity contribution in [3.8, 4) is 11.8 Å². The minimum absolute atomic E-state index is 0.217. The van der Waals surface area contributed by atoms with E-state index in [2.05, 4.69) is 31.9 Å². The lowest BCUT2D eigenvalue weighted by molar-refractivity contribution is 0.0514. The highest BCUT2D eigenvalue weighted by molar-refractivity contribution is 5.94. The average Bonchev–Trinajstić information content (AvgIpc) is 3.35. The molecule has 0 bridgehead atoms. The lowest BCUT2D eigenvalue weighted by Crippen LogP contribution is -2.44. The first-order valence-electron chi connectivity index (χ1n) is 11.5. The Kier molecular flexibility index (Phi) is 7.06. The Morgan fingerprint density at radius 3 is 2.74 bits per heavy atom. The third kappa shape index (κ3) is 6.41. The maximum Gasteiger partial charge on any atom is 0.408 e. The van der Waals surface area contributed by atoms with Crippen LogP contribution in [0.5, 0.6) is 0 Å². The molecule has 2 heterocycles. The van der Waals surface area contributed by atoms with Gasteiger partial charge in [-0.1, -0.05) is 12.5 Å². The molecule has 2 aromatic heterocycles. The number of pyridine rings is 1. The zero-order valence-electron chi connectivity index (χ0n) is 20.0. The Morgan fingerprint density at radius 1 is 1.20 bits per heavy atom. The van der Waals surface area contributed by atoms with Crippen molar-refractivity contribution >= 4 is 29.1 Å². The summed E-state index contributed by atoms with van der Waals surface area (Å²) in [6, 6.07) is 12.8. The third-order valence-corrected chi connectivity index (χ3v) is 5.29. The predicted molar refractivity (Wildman–Crippen MR) is 132 cm³/mol. The van der Waals surface area contributed by atoms with Gasteiger partial charge in [-0.25, -0.2) is 14.8 Å². The normalized spacial score (nSPS) is 17.0. The molecule has 1 amide bonds. The molecule has 10 heteroatoms. The van der Waals surface area contributed by atoms with Gasteiger partial charge in [-0.15, -0.1) is 0 Å². The van der Waals surface area contributed by atoms with E-state index < -0.39 is 11.7 Å². The number of benzene rings is 1. The smallest absolute Gasteiger partial charge is 0.408 e. The highest BCUT2D eigenvalue weighted by Gasteiger charge is 2.25. The van der Waals surface area contributed by atoms with Gasteiger partial charge in [0.05, 0.1) is 29.7 Å². The molecule has 0 aliphatic heterocycles. The number of alkyl carbamates (subject to hydrolysis) is 1. The van der Waals surface area contributed by atoms with Crippen LogP contribution in [-0.2, 0) is 4.74 Å². The molecule has 180 valence electrons. The minimum Gasteiger partial charge on any atom is -0.444 e. The number of aromatic nitrogens is 4. The number of ether oxygens (including phenoxy) is 1. The van der Waals surface area contributed by atoms with Crippen molar-refractivity contribution in [3.05, 3.63) is 54.4 Å². The molecule has 1 aliphatic rings. The number of hydrogen-bond acceptors (Lipinski definition) is 8. The molecule has 10 nitrogen and oxygen atoms in total. The first-order chi connectivity index (χ1) is 16.8. The molecule has 3 aromatic rings. The van der Waals surface area contributed by atoms with E-state index >= 15 is 0 Å². The van der Waals surface area contributed by atoms with Crippen LogP contribution < -0.4 is 10.6 Å². The Morgan fingerprint density at radius 2 is 2.00 bits per heavy atom. The zero-order chi connectivity index (χ0) is 24.8. The van der Waals surface area contributed by atoms with Gasteiger partial charge >= 0.3 is 6.09 Å². The van der Waals surface area contributed by atoms with Crippen molar-refractivity contribution in [2.75, 3.05) is 5.32 Å². The van der Waals surface area contributed by atoms with E-state index in [1.54, 1.807) is 24.5 Å². The summed E-state index contributed by atoms with van der Waals surface area (Å²) in [5.41, 5.74) is 2.17. The molecular weight excluding hydrogens is 444 g/mol. The molecule has 0 spiro atoms. The number of anilines is 2. The second kappa shape index (κ2) is 10.3. The Balaban J connectivity index is 1.56. The third-order valence-electron chi connectivity index (χ3n) is 5.29. The number of carbonyl (C=O) groups excluding carboxylic acids is 1. The maximum atomic E-state index is 12.3. The number of hydrogen-bond donors (Lipinski definition) is 2. The molecule has 1 atom stereocenters. The summed E-state index contributed by atoms with van der Waals surface area (Å²) >= 11 is 0. The van der Waals surface area contributed by atoms with Gasteiger partial charge in [0.15, 0.2) is 11.6 Å². The second-order valence-electron chi connectivity index (χ2n) is 9.22. The van der Waals surface area contributed by atoms with E-state index in [9.17, 15) is 10.1 Å². The fraction of sp³-hybridized carbons (Fsp3) is 0.360. The largest absolute Gasteiger partial charge is 0.444 e. The summed E-state index contributed by atoms with van der Waals surface area (Å²) in [6.45, 7) is 5.50. The molecule has 0 saturated heterocycles. The van der Waals surface area contributed by atoms with Crippen LogP contribution in [0, 0.1) is 11.3 Å². The first kappa shape index (κ1) is 23.9. The number of carbonyl (C=O) groups is 1. The monoisotopic (exact) mass is 472 g/mol. The van der Waals surface area contributed by atoms with Crippen LogP contribution in [0.4, 0.5) is 22.1 Å². The van der Waals surface area contributed by atoms with E-state index in [-0.39, 0.29) is 6.04 Å². The summed E-state index contributed by atoms with van der Waals surface area (Å²) in [5, 5.41) is 24.0. The number of nitriles is 1. The number of aliphatic imine (C=N–C) groups is 1. The summed E-state index contributed by atoms with van der Waals surface area (Å²) in [4.78, 5) is 23.2. The topological polar surface area (TPSA) is 130 Å². The lowest BCUT2D eigenvalue weighted by atomic mass is 9.93. The Labute approximate surface area is 204 Å². The fourth-order valence-electron chi connectivity index (χ4n) is 3.77. The van der Waals surface area contributed by atoms with Gasteiger partial charge in [-0.3, -0.25) is 0 Å². The predicted octanol–water partition coefficient (Wildman–Crippen LogP) is 4.82. The van der Waals surface area contributed by atoms with Gasteiger partial charge in [0.25, 0.3) is 0 Å². The molecule has 1 aliphatic carbocycles. The van der Waals surface area contributed by atoms with Crippen molar-refractivity contribution in [2.45, 2.75) is 58.1 Å². The lowest BCUT2D eigenvalue weighted by Gasteiger charge is -2.27. The van der Waals surface area contributed by atoms with Gasteiger partial charge in [-0.2, -0.15) is 20.3 Å². The molecule has 35 heavy (non-hydrogen) atoms. The van der Waals surface area contributed by atoms with Crippen LogP contribution in [0.25, 0.3) is 5.69 Å². The average molecular weight is 473 g/mol. The van der Waals surface area contributed by atoms with Gasteiger partial charge in [0, 0.05) is 11.4 Å². The summed E-state index contributed by atoms with van der Waals surface area (Å²) in [6.07, 6.45) is 6.27. The molecule has 0 radical (unpaired) electrons. The highest BCUT2D eigenvalue weighted by Crippen LogP contribution is 2.25. The van der Waals surface area contributed by atoms with E-state index in [1.807, 2.05) is 45.0 Å². The summed E-state index contributed by atoms with van der Waals surface area (Å²) < 4.78 is 5.41. The fourth-order valence-corrected chi connectivity index (χ4v) is 3.77. The van der Waals surface area contributed by atoms with Gasteiger partial charge < -0.3 is 15.4 Å². The molecule has 1 aromatic carbocycles. The van der Waals surface area contributed by atoms with Gasteiger partial charge in [-0.05, 0) is 70.4 Å². The number of nitrogens with zero attached hydrogens (tertiary/aromatic N) is 6. The van der Waals surface area contributed by atoms with Crippen molar-refractivity contribution in [1.29, 1.82) is 5.26 Å². The van der Waals surface area contributed by atoms with Gasteiger partial charge in [0.1, 0.15) is 11.7 Å². The van der Waals surface area contributed by atoms with Crippen LogP contribution in [0.3, 0.4) is 0 Å². The summed E-state index contributed by atoms with van der Waals surface area (Å²) in [7, 11) is 0. The van der Waals surface area contributed by atoms with Crippen molar-refractivity contribution in [2.24, 2.45) is 4.99 Å². The molecule has 1 saturated carbocycles. The summed E-state index contributed by atoms with van der Waals surface area (Å²) in [5.74, 6) is 0.858. The SMILES string of the molecule is CC(C)(C)OC(=O)N[C@H]1CCCCC1=Nc1ccc(C#N)c(Nc2cccc(-n3nccn3)c2)n1. The molecule has 4 rings (SSSR count). The van der Waals surface area contributed by atoms with Gasteiger partial charge in [0.2, 0.25) is 0 Å². The number of rotatable bonds is 5. The van der Waals surface area contributed by atoms with E-state index in [0.29, 0.717) is 17.2 Å². The Hall–Kier alpha value is -4.26. The molecule has 1 fully saturated rings. The number of amides is 1.